The zero-order valence-electron chi connectivity index (χ0n) is 11.0. The maximum absolute atomic E-state index is 5.85. The summed E-state index contributed by atoms with van der Waals surface area (Å²) in [7, 11) is -1.02. The van der Waals surface area contributed by atoms with Gasteiger partial charge in [0.05, 0.1) is 11.6 Å². The number of pyridine rings is 1. The van der Waals surface area contributed by atoms with Crippen molar-refractivity contribution in [3.63, 3.8) is 0 Å². The first kappa shape index (κ1) is 15.9. The number of aromatic nitrogens is 1. The summed E-state index contributed by atoms with van der Waals surface area (Å²) in [5.74, 6) is 0. The number of halogens is 2. The molecule has 18 heavy (non-hydrogen) atoms. The maximum Gasteiger partial charge on any atom is 0.147 e. The predicted molar refractivity (Wildman–Crippen MR) is 78.0 cm³/mol. The van der Waals surface area contributed by atoms with Gasteiger partial charge in [-0.3, -0.25) is 0 Å². The van der Waals surface area contributed by atoms with Gasteiger partial charge >= 0.3 is 0 Å². The molecule has 0 spiro atoms. The van der Waals surface area contributed by atoms with E-state index < -0.39 is 8.07 Å². The van der Waals surface area contributed by atoms with E-state index in [0.29, 0.717) is 23.6 Å². The minimum absolute atomic E-state index is 0.296. The van der Waals surface area contributed by atoms with Crippen LogP contribution in [0.5, 0.6) is 0 Å². The number of ether oxygens (including phenoxy) is 2. The molecular formula is C12H19Cl2NO2Si. The highest BCUT2D eigenvalue weighted by Crippen LogP contribution is 2.19. The van der Waals surface area contributed by atoms with Gasteiger partial charge in [-0.15, -0.1) is 0 Å². The van der Waals surface area contributed by atoms with E-state index in [-0.39, 0.29) is 0 Å². The van der Waals surface area contributed by atoms with Crippen molar-refractivity contribution in [2.75, 3.05) is 13.4 Å². The van der Waals surface area contributed by atoms with Gasteiger partial charge in [-0.25, -0.2) is 4.98 Å². The van der Waals surface area contributed by atoms with E-state index in [1.54, 1.807) is 12.3 Å². The highest BCUT2D eigenvalue weighted by molar-refractivity contribution is 6.76. The summed E-state index contributed by atoms with van der Waals surface area (Å²) in [5.41, 5.74) is 0.887. The molecule has 0 saturated heterocycles. The molecule has 0 amide bonds. The van der Waals surface area contributed by atoms with Crippen LogP contribution in [0.1, 0.15) is 5.56 Å². The Morgan fingerprint density at radius 3 is 2.56 bits per heavy atom. The Bertz CT molecular complexity index is 383. The summed E-state index contributed by atoms with van der Waals surface area (Å²) in [6, 6.07) is 2.89. The lowest BCUT2D eigenvalue weighted by Gasteiger charge is -2.15. The molecule has 0 unspecified atom stereocenters. The molecule has 1 aromatic rings. The normalized spacial score (nSPS) is 11.8. The molecule has 0 aliphatic rings. The van der Waals surface area contributed by atoms with E-state index in [1.165, 1.54) is 0 Å². The highest BCUT2D eigenvalue weighted by Gasteiger charge is 2.11. The SMILES string of the molecule is C[Si](C)(C)CCOCOCc1cnc(Cl)c(Cl)c1. The summed E-state index contributed by atoms with van der Waals surface area (Å²) >= 11 is 11.6. The van der Waals surface area contributed by atoms with Crippen LogP contribution in [-0.4, -0.2) is 26.5 Å². The van der Waals surface area contributed by atoms with E-state index in [4.69, 9.17) is 32.7 Å². The third-order valence-electron chi connectivity index (χ3n) is 2.28. The van der Waals surface area contributed by atoms with Crippen LogP contribution in [0.15, 0.2) is 12.3 Å². The van der Waals surface area contributed by atoms with Crippen LogP contribution in [0.3, 0.4) is 0 Å². The van der Waals surface area contributed by atoms with Gasteiger partial charge in [-0.1, -0.05) is 42.8 Å². The van der Waals surface area contributed by atoms with Crippen molar-refractivity contribution in [1.82, 2.24) is 4.98 Å². The first-order chi connectivity index (χ1) is 8.38. The van der Waals surface area contributed by atoms with Crippen molar-refractivity contribution in [3.8, 4) is 0 Å². The Labute approximate surface area is 119 Å². The lowest BCUT2D eigenvalue weighted by molar-refractivity contribution is -0.0573. The summed E-state index contributed by atoms with van der Waals surface area (Å²) < 4.78 is 10.8. The van der Waals surface area contributed by atoms with Gasteiger partial charge in [-0.05, 0) is 17.7 Å². The fraction of sp³-hybridized carbons (Fsp3) is 0.583. The van der Waals surface area contributed by atoms with Crippen LogP contribution in [0, 0.1) is 0 Å². The van der Waals surface area contributed by atoms with Crippen LogP contribution in [0.2, 0.25) is 35.9 Å². The molecule has 0 bridgehead atoms. The molecule has 0 N–H and O–H groups in total. The average Bonchev–Trinajstić information content (AvgIpc) is 2.26. The molecule has 0 radical (unpaired) electrons. The summed E-state index contributed by atoms with van der Waals surface area (Å²) in [6.07, 6.45) is 1.65. The van der Waals surface area contributed by atoms with E-state index in [9.17, 15) is 0 Å². The van der Waals surface area contributed by atoms with Crippen molar-refractivity contribution in [1.29, 1.82) is 0 Å². The number of nitrogens with zero attached hydrogens (tertiary/aromatic N) is 1. The Hall–Kier alpha value is -0.133. The van der Waals surface area contributed by atoms with Crippen LogP contribution >= 0.6 is 23.2 Å². The summed E-state index contributed by atoms with van der Waals surface area (Å²) in [6.45, 7) is 8.44. The van der Waals surface area contributed by atoms with Crippen molar-refractivity contribution in [3.05, 3.63) is 28.0 Å². The van der Waals surface area contributed by atoms with Crippen molar-refractivity contribution >= 4 is 31.3 Å². The van der Waals surface area contributed by atoms with E-state index in [1.807, 2.05) is 0 Å². The molecular weight excluding hydrogens is 289 g/mol. The van der Waals surface area contributed by atoms with Crippen molar-refractivity contribution < 1.29 is 9.47 Å². The maximum atomic E-state index is 5.85. The van der Waals surface area contributed by atoms with Crippen molar-refractivity contribution in [2.24, 2.45) is 0 Å². The zero-order valence-corrected chi connectivity index (χ0v) is 13.5. The van der Waals surface area contributed by atoms with Gasteiger partial charge in [0.15, 0.2) is 0 Å². The van der Waals surface area contributed by atoms with Crippen LogP contribution in [-0.2, 0) is 16.1 Å². The molecule has 6 heteroatoms. The first-order valence-electron chi connectivity index (χ1n) is 5.84. The fourth-order valence-electron chi connectivity index (χ4n) is 1.20. The topological polar surface area (TPSA) is 31.4 Å². The van der Waals surface area contributed by atoms with Crippen LogP contribution < -0.4 is 0 Å². The monoisotopic (exact) mass is 307 g/mol. The molecule has 0 aliphatic heterocycles. The molecule has 0 fully saturated rings. The van der Waals surface area contributed by atoms with E-state index in [2.05, 4.69) is 24.6 Å². The second kappa shape index (κ2) is 7.45. The molecule has 102 valence electrons. The summed E-state index contributed by atoms with van der Waals surface area (Å²) in [4.78, 5) is 3.94. The number of hydrogen-bond acceptors (Lipinski definition) is 3. The second-order valence-corrected chi connectivity index (χ2v) is 11.7. The molecule has 1 rings (SSSR count). The second-order valence-electron chi connectivity index (χ2n) is 5.30. The Morgan fingerprint density at radius 2 is 1.94 bits per heavy atom. The van der Waals surface area contributed by atoms with Gasteiger partial charge in [0.25, 0.3) is 0 Å². The lowest BCUT2D eigenvalue weighted by atomic mass is 10.3. The molecule has 1 heterocycles. The molecule has 1 aromatic heterocycles. The molecule has 0 aliphatic carbocycles. The van der Waals surface area contributed by atoms with Crippen LogP contribution in [0.4, 0.5) is 0 Å². The lowest BCUT2D eigenvalue weighted by Crippen LogP contribution is -2.22. The Morgan fingerprint density at radius 1 is 1.22 bits per heavy atom. The Kier molecular flexibility index (Phi) is 6.59. The van der Waals surface area contributed by atoms with Gasteiger partial charge in [0.1, 0.15) is 11.9 Å². The highest BCUT2D eigenvalue weighted by atomic mass is 35.5. The molecule has 0 atom stereocenters. The molecule has 0 saturated carbocycles. The molecule has 3 nitrogen and oxygen atoms in total. The zero-order chi connectivity index (χ0) is 13.6. The largest absolute Gasteiger partial charge is 0.356 e. The third-order valence-corrected chi connectivity index (χ3v) is 4.67. The quantitative estimate of drug-likeness (QED) is 0.327. The smallest absolute Gasteiger partial charge is 0.147 e. The average molecular weight is 308 g/mol. The number of hydrogen-bond donors (Lipinski definition) is 0. The standard InChI is InChI=1S/C12H19Cl2NO2Si/c1-18(2,3)5-4-16-9-17-8-10-6-11(13)12(14)15-7-10/h6-7H,4-5,8-9H2,1-3H3. The minimum Gasteiger partial charge on any atom is -0.356 e. The first-order valence-corrected chi connectivity index (χ1v) is 10.3. The van der Waals surface area contributed by atoms with E-state index in [0.717, 1.165) is 18.2 Å². The van der Waals surface area contributed by atoms with Gasteiger partial charge in [-0.2, -0.15) is 0 Å². The number of rotatable bonds is 7. The fourth-order valence-corrected chi connectivity index (χ4v) is 2.24. The van der Waals surface area contributed by atoms with Crippen LogP contribution in [0.25, 0.3) is 0 Å². The predicted octanol–water partition coefficient (Wildman–Crippen LogP) is 4.22. The van der Waals surface area contributed by atoms with Gasteiger partial charge in [0, 0.05) is 20.9 Å². The minimum atomic E-state index is -1.02. The van der Waals surface area contributed by atoms with E-state index >= 15 is 0 Å². The summed E-state index contributed by atoms with van der Waals surface area (Å²) in [5, 5.41) is 0.754. The van der Waals surface area contributed by atoms with Crippen molar-refractivity contribution in [2.45, 2.75) is 32.3 Å². The molecule has 0 aromatic carbocycles. The van der Waals surface area contributed by atoms with Gasteiger partial charge < -0.3 is 9.47 Å². The van der Waals surface area contributed by atoms with Gasteiger partial charge in [0.2, 0.25) is 0 Å². The Balaban J connectivity index is 2.16. The third kappa shape index (κ3) is 6.71.